The number of nitrogens with zero attached hydrogens (tertiary/aromatic N) is 1. The van der Waals surface area contributed by atoms with Crippen LogP contribution in [0.25, 0.3) is 11.1 Å². The molecule has 2 heterocycles. The van der Waals surface area contributed by atoms with Crippen molar-refractivity contribution in [1.29, 1.82) is 0 Å². The Morgan fingerprint density at radius 1 is 1.25 bits per heavy atom. The van der Waals surface area contributed by atoms with Gasteiger partial charge in [0.15, 0.2) is 0 Å². The van der Waals surface area contributed by atoms with Gasteiger partial charge in [0.2, 0.25) is 0 Å². The van der Waals surface area contributed by atoms with E-state index in [2.05, 4.69) is 10.5 Å². The van der Waals surface area contributed by atoms with E-state index in [4.69, 9.17) is 9.26 Å². The van der Waals surface area contributed by atoms with Crippen molar-refractivity contribution in [1.82, 2.24) is 5.16 Å². The molecule has 6 heteroatoms. The number of ketones is 1. The molecule has 0 unspecified atom stereocenters. The van der Waals surface area contributed by atoms with Crippen LogP contribution >= 0.6 is 0 Å². The fourth-order valence-electron chi connectivity index (χ4n) is 2.42. The molecule has 1 aliphatic rings. The van der Waals surface area contributed by atoms with Crippen molar-refractivity contribution in [2.45, 2.75) is 13.8 Å². The number of amides is 1. The summed E-state index contributed by atoms with van der Waals surface area (Å²) in [6.45, 7) is 3.61. The van der Waals surface area contributed by atoms with Crippen molar-refractivity contribution in [2.75, 3.05) is 12.4 Å². The first-order valence-electron chi connectivity index (χ1n) is 6.04. The lowest BCUT2D eigenvalue weighted by molar-refractivity contribution is -0.112. The van der Waals surface area contributed by atoms with Gasteiger partial charge in [0.05, 0.1) is 24.1 Å². The molecule has 1 N–H and O–H groups in total. The highest BCUT2D eigenvalue weighted by molar-refractivity contribution is 6.52. The van der Waals surface area contributed by atoms with E-state index in [1.54, 1.807) is 19.1 Å². The second-order valence-electron chi connectivity index (χ2n) is 4.58. The molecular formula is C14H12N2O4. The van der Waals surface area contributed by atoms with Gasteiger partial charge in [-0.05, 0) is 31.5 Å². The Labute approximate surface area is 114 Å². The van der Waals surface area contributed by atoms with Gasteiger partial charge in [-0.3, -0.25) is 9.59 Å². The quantitative estimate of drug-likeness (QED) is 0.847. The molecule has 1 aromatic carbocycles. The van der Waals surface area contributed by atoms with Gasteiger partial charge < -0.3 is 14.6 Å². The van der Waals surface area contributed by atoms with Crippen LogP contribution < -0.4 is 10.1 Å². The molecule has 1 aromatic heterocycles. The molecule has 3 rings (SSSR count). The molecule has 2 aromatic rings. The second-order valence-corrected chi connectivity index (χ2v) is 4.58. The van der Waals surface area contributed by atoms with E-state index in [0.29, 0.717) is 28.5 Å². The third kappa shape index (κ3) is 1.61. The predicted molar refractivity (Wildman–Crippen MR) is 70.9 cm³/mol. The molecule has 0 atom stereocenters. The number of aromatic nitrogens is 1. The summed E-state index contributed by atoms with van der Waals surface area (Å²) in [7, 11) is 1.49. The van der Waals surface area contributed by atoms with Crippen molar-refractivity contribution in [3.05, 3.63) is 29.2 Å². The molecule has 6 nitrogen and oxygen atoms in total. The Kier molecular flexibility index (Phi) is 2.60. The summed E-state index contributed by atoms with van der Waals surface area (Å²) in [6, 6.07) is 3.41. The van der Waals surface area contributed by atoms with Gasteiger partial charge in [0.1, 0.15) is 11.5 Å². The number of fused-ring (bicyclic) bond motifs is 1. The van der Waals surface area contributed by atoms with Crippen LogP contribution in [0.5, 0.6) is 5.75 Å². The fraction of sp³-hybridized carbons (Fsp3) is 0.214. The Bertz CT molecular complexity index is 726. The molecule has 0 radical (unpaired) electrons. The van der Waals surface area contributed by atoms with Crippen LogP contribution in [-0.4, -0.2) is 24.0 Å². The van der Waals surface area contributed by atoms with Crippen LogP contribution in [0.1, 0.15) is 21.8 Å². The smallest absolute Gasteiger partial charge is 0.296 e. The van der Waals surface area contributed by atoms with Crippen molar-refractivity contribution in [3.8, 4) is 16.9 Å². The maximum Gasteiger partial charge on any atom is 0.296 e. The van der Waals surface area contributed by atoms with Gasteiger partial charge in [0, 0.05) is 5.56 Å². The number of ether oxygens (including phenoxy) is 1. The molecule has 1 amide bonds. The average Bonchev–Trinajstić information content (AvgIpc) is 2.90. The summed E-state index contributed by atoms with van der Waals surface area (Å²) in [5, 5.41) is 6.41. The first-order chi connectivity index (χ1) is 9.52. The third-order valence-corrected chi connectivity index (χ3v) is 3.33. The van der Waals surface area contributed by atoms with Crippen LogP contribution in [-0.2, 0) is 4.79 Å². The first-order valence-corrected chi connectivity index (χ1v) is 6.04. The fourth-order valence-corrected chi connectivity index (χ4v) is 2.42. The standard InChI is InChI=1S/C14H12N2O4/c1-6-11(7(2)20-16-6)8-4-9-12(10(5-8)19-3)15-14(18)13(9)17/h4-5H,1-3H3,(H,15,17,18). The zero-order valence-electron chi connectivity index (χ0n) is 11.2. The van der Waals surface area contributed by atoms with Gasteiger partial charge in [-0.1, -0.05) is 5.16 Å². The third-order valence-electron chi connectivity index (χ3n) is 3.33. The van der Waals surface area contributed by atoms with Crippen LogP contribution in [0.4, 0.5) is 5.69 Å². The largest absolute Gasteiger partial charge is 0.495 e. The Morgan fingerprint density at radius 3 is 2.60 bits per heavy atom. The molecule has 0 saturated carbocycles. The maximum absolute atomic E-state index is 11.8. The van der Waals surface area contributed by atoms with E-state index in [-0.39, 0.29) is 0 Å². The zero-order chi connectivity index (χ0) is 14.4. The summed E-state index contributed by atoms with van der Waals surface area (Å²) < 4.78 is 10.4. The van der Waals surface area contributed by atoms with Crippen LogP contribution in [0.15, 0.2) is 16.7 Å². The zero-order valence-corrected chi connectivity index (χ0v) is 11.2. The second kappa shape index (κ2) is 4.19. The highest BCUT2D eigenvalue weighted by atomic mass is 16.5. The van der Waals surface area contributed by atoms with Crippen molar-refractivity contribution >= 4 is 17.4 Å². The molecule has 1 aliphatic heterocycles. The summed E-state index contributed by atoms with van der Waals surface area (Å²) in [6.07, 6.45) is 0. The number of benzene rings is 1. The predicted octanol–water partition coefficient (Wildman–Crippen LogP) is 2.10. The van der Waals surface area contributed by atoms with Gasteiger partial charge >= 0.3 is 0 Å². The van der Waals surface area contributed by atoms with Crippen molar-refractivity contribution in [3.63, 3.8) is 0 Å². The minimum absolute atomic E-state index is 0.310. The van der Waals surface area contributed by atoms with Crippen molar-refractivity contribution < 1.29 is 18.8 Å². The monoisotopic (exact) mass is 272 g/mol. The summed E-state index contributed by atoms with van der Waals surface area (Å²) in [5.41, 5.74) is 2.98. The lowest BCUT2D eigenvalue weighted by Gasteiger charge is -2.09. The lowest BCUT2D eigenvalue weighted by Crippen LogP contribution is -2.12. The first kappa shape index (κ1) is 12.4. The van der Waals surface area contributed by atoms with Gasteiger partial charge in [-0.2, -0.15) is 0 Å². The lowest BCUT2D eigenvalue weighted by atomic mass is 9.99. The van der Waals surface area contributed by atoms with Crippen LogP contribution in [0, 0.1) is 13.8 Å². The maximum atomic E-state index is 11.8. The Hall–Kier alpha value is -2.63. The van der Waals surface area contributed by atoms with Gasteiger partial charge in [0.25, 0.3) is 11.7 Å². The number of carbonyl (C=O) groups is 2. The van der Waals surface area contributed by atoms with Crippen LogP contribution in [0.3, 0.4) is 0 Å². The number of anilines is 1. The number of hydrogen-bond acceptors (Lipinski definition) is 5. The summed E-state index contributed by atoms with van der Waals surface area (Å²) >= 11 is 0. The van der Waals surface area contributed by atoms with E-state index in [1.165, 1.54) is 7.11 Å². The molecule has 0 bridgehead atoms. The molecule has 0 aliphatic carbocycles. The molecule has 0 fully saturated rings. The number of Topliss-reactive ketones (excluding diaryl/α,β-unsaturated/α-hetero) is 1. The Morgan fingerprint density at radius 2 is 2.00 bits per heavy atom. The summed E-state index contributed by atoms with van der Waals surface area (Å²) in [5.74, 6) is -0.118. The SMILES string of the molecule is COc1cc(-c2c(C)noc2C)cc2c1NC(=O)C2=O. The topological polar surface area (TPSA) is 81.4 Å². The van der Waals surface area contributed by atoms with Gasteiger partial charge in [-0.15, -0.1) is 0 Å². The Balaban J connectivity index is 2.26. The van der Waals surface area contributed by atoms with E-state index >= 15 is 0 Å². The number of methoxy groups -OCH3 is 1. The molecule has 102 valence electrons. The van der Waals surface area contributed by atoms with E-state index in [1.807, 2.05) is 6.92 Å². The minimum atomic E-state index is -0.644. The molecule has 0 saturated heterocycles. The normalized spacial score (nSPS) is 13.3. The highest BCUT2D eigenvalue weighted by Gasteiger charge is 2.32. The number of rotatable bonds is 2. The van der Waals surface area contributed by atoms with Gasteiger partial charge in [-0.25, -0.2) is 0 Å². The highest BCUT2D eigenvalue weighted by Crippen LogP contribution is 2.39. The molecule has 20 heavy (non-hydrogen) atoms. The van der Waals surface area contributed by atoms with E-state index < -0.39 is 11.7 Å². The van der Waals surface area contributed by atoms with E-state index in [0.717, 1.165) is 11.1 Å². The van der Waals surface area contributed by atoms with Crippen LogP contribution in [0.2, 0.25) is 0 Å². The number of hydrogen-bond donors (Lipinski definition) is 1. The van der Waals surface area contributed by atoms with E-state index in [9.17, 15) is 9.59 Å². The number of carbonyl (C=O) groups excluding carboxylic acids is 2. The number of nitrogens with one attached hydrogen (secondary N) is 1. The average molecular weight is 272 g/mol. The number of aryl methyl sites for hydroxylation is 2. The molecule has 0 spiro atoms. The molecular weight excluding hydrogens is 260 g/mol. The summed E-state index contributed by atoms with van der Waals surface area (Å²) in [4.78, 5) is 23.3. The minimum Gasteiger partial charge on any atom is -0.495 e. The van der Waals surface area contributed by atoms with Crippen molar-refractivity contribution in [2.24, 2.45) is 0 Å².